The van der Waals surface area contributed by atoms with E-state index in [1.54, 1.807) is 6.07 Å². The summed E-state index contributed by atoms with van der Waals surface area (Å²) in [6.45, 7) is 0.645. The molecule has 2 rings (SSSR count). The lowest BCUT2D eigenvalue weighted by Crippen LogP contribution is -2.09. The molecule has 0 aliphatic heterocycles. The molecule has 3 N–H and O–H groups in total. The van der Waals surface area contributed by atoms with Crippen molar-refractivity contribution in [3.63, 3.8) is 0 Å². The Morgan fingerprint density at radius 2 is 2.06 bits per heavy atom. The van der Waals surface area contributed by atoms with Gasteiger partial charge in [-0.2, -0.15) is 0 Å². The number of rotatable bonds is 4. The van der Waals surface area contributed by atoms with Crippen LogP contribution in [0, 0.1) is 0 Å². The Balaban J connectivity index is 1.97. The molecular formula is C12H12N2O2. The van der Waals surface area contributed by atoms with E-state index >= 15 is 0 Å². The Kier molecular flexibility index (Phi) is 2.91. The van der Waals surface area contributed by atoms with Gasteiger partial charge in [0.25, 0.3) is 5.91 Å². The molecule has 2 aromatic rings. The van der Waals surface area contributed by atoms with Crippen molar-refractivity contribution in [1.29, 1.82) is 0 Å². The average Bonchev–Trinajstić information content (AvgIpc) is 2.76. The van der Waals surface area contributed by atoms with Gasteiger partial charge in [-0.3, -0.25) is 4.79 Å². The fraction of sp³-hybridized carbons (Fsp3) is 0.0833. The molecule has 0 unspecified atom stereocenters. The molecule has 0 spiro atoms. The Labute approximate surface area is 93.1 Å². The first kappa shape index (κ1) is 10.3. The van der Waals surface area contributed by atoms with Gasteiger partial charge in [0.1, 0.15) is 6.26 Å². The van der Waals surface area contributed by atoms with E-state index in [-0.39, 0.29) is 0 Å². The quantitative estimate of drug-likeness (QED) is 0.821. The van der Waals surface area contributed by atoms with Gasteiger partial charge in [-0.25, -0.2) is 0 Å². The highest BCUT2D eigenvalue weighted by atomic mass is 16.3. The van der Waals surface area contributed by atoms with Crippen LogP contribution in [0.15, 0.2) is 47.1 Å². The average molecular weight is 216 g/mol. The van der Waals surface area contributed by atoms with Crippen molar-refractivity contribution < 1.29 is 9.21 Å². The first-order chi connectivity index (χ1) is 7.75. The van der Waals surface area contributed by atoms with Crippen LogP contribution in [0.25, 0.3) is 0 Å². The van der Waals surface area contributed by atoms with Gasteiger partial charge < -0.3 is 15.5 Å². The van der Waals surface area contributed by atoms with Crippen molar-refractivity contribution >= 4 is 11.8 Å². The number of anilines is 1. The second-order valence-electron chi connectivity index (χ2n) is 3.40. The Hall–Kier alpha value is -2.23. The summed E-state index contributed by atoms with van der Waals surface area (Å²) in [5.41, 5.74) is 6.62. The highest BCUT2D eigenvalue weighted by Gasteiger charge is 2.05. The summed E-state index contributed by atoms with van der Waals surface area (Å²) in [5.74, 6) is 0.0502. The molecule has 0 saturated heterocycles. The summed E-state index contributed by atoms with van der Waals surface area (Å²) < 4.78 is 5.14. The first-order valence-electron chi connectivity index (χ1n) is 4.92. The fourth-order valence-electron chi connectivity index (χ4n) is 1.34. The van der Waals surface area contributed by atoms with Crippen LogP contribution in [-0.2, 0) is 6.54 Å². The minimum absolute atomic E-state index is 0.371. The molecule has 1 aromatic heterocycles. The molecule has 1 aromatic carbocycles. The molecule has 82 valence electrons. The van der Waals surface area contributed by atoms with Gasteiger partial charge in [-0.15, -0.1) is 0 Å². The third-order valence-electron chi connectivity index (χ3n) is 2.19. The number of furan rings is 1. The van der Waals surface area contributed by atoms with E-state index in [9.17, 15) is 4.79 Å². The van der Waals surface area contributed by atoms with Gasteiger partial charge in [0, 0.05) is 12.6 Å². The molecule has 0 aliphatic rings. The van der Waals surface area contributed by atoms with Gasteiger partial charge in [0.15, 0.2) is 5.88 Å². The van der Waals surface area contributed by atoms with Crippen molar-refractivity contribution in [3.05, 3.63) is 53.8 Å². The fourth-order valence-corrected chi connectivity index (χ4v) is 1.34. The van der Waals surface area contributed by atoms with Crippen molar-refractivity contribution in [2.45, 2.75) is 6.54 Å². The lowest BCUT2D eigenvalue weighted by Gasteiger charge is -2.01. The van der Waals surface area contributed by atoms with Crippen molar-refractivity contribution in [2.24, 2.45) is 5.73 Å². The maximum Gasteiger partial charge on any atom is 0.252 e. The van der Waals surface area contributed by atoms with Crippen LogP contribution in [0.2, 0.25) is 0 Å². The van der Waals surface area contributed by atoms with E-state index in [0.717, 1.165) is 5.56 Å². The SMILES string of the molecule is NC(=O)c1coc(NCc2ccccc2)c1. The normalized spacial score (nSPS) is 10.0. The maximum atomic E-state index is 10.8. The zero-order valence-corrected chi connectivity index (χ0v) is 8.64. The number of carbonyl (C=O) groups excluding carboxylic acids is 1. The Morgan fingerprint density at radius 3 is 2.69 bits per heavy atom. The lowest BCUT2D eigenvalue weighted by atomic mass is 10.2. The molecule has 0 fully saturated rings. The monoisotopic (exact) mass is 216 g/mol. The minimum Gasteiger partial charge on any atom is -0.448 e. The smallest absolute Gasteiger partial charge is 0.252 e. The van der Waals surface area contributed by atoms with Gasteiger partial charge in [0.05, 0.1) is 5.56 Å². The summed E-state index contributed by atoms with van der Waals surface area (Å²) in [5, 5.41) is 3.06. The van der Waals surface area contributed by atoms with Crippen LogP contribution in [0.3, 0.4) is 0 Å². The molecule has 1 amide bonds. The largest absolute Gasteiger partial charge is 0.448 e. The first-order valence-corrected chi connectivity index (χ1v) is 4.92. The predicted octanol–water partition coefficient (Wildman–Crippen LogP) is 1.99. The van der Waals surface area contributed by atoms with Gasteiger partial charge in [-0.1, -0.05) is 30.3 Å². The van der Waals surface area contributed by atoms with Gasteiger partial charge in [-0.05, 0) is 5.56 Å². The number of nitrogens with one attached hydrogen (secondary N) is 1. The standard InChI is InChI=1S/C12H12N2O2/c13-12(15)10-6-11(16-8-10)14-7-9-4-2-1-3-5-9/h1-6,8,14H,7H2,(H2,13,15). The predicted molar refractivity (Wildman–Crippen MR) is 61.0 cm³/mol. The molecule has 4 heteroatoms. The van der Waals surface area contributed by atoms with Crippen LogP contribution < -0.4 is 11.1 Å². The number of carbonyl (C=O) groups is 1. The topological polar surface area (TPSA) is 68.3 Å². The van der Waals surface area contributed by atoms with Gasteiger partial charge in [0.2, 0.25) is 0 Å². The molecular weight excluding hydrogens is 204 g/mol. The molecule has 0 aliphatic carbocycles. The lowest BCUT2D eigenvalue weighted by molar-refractivity contribution is 0.0999. The van der Waals surface area contributed by atoms with E-state index < -0.39 is 5.91 Å². The second kappa shape index (κ2) is 4.53. The third kappa shape index (κ3) is 2.42. The van der Waals surface area contributed by atoms with E-state index in [1.807, 2.05) is 30.3 Å². The zero-order valence-electron chi connectivity index (χ0n) is 8.64. The van der Waals surface area contributed by atoms with Gasteiger partial charge >= 0.3 is 0 Å². The van der Waals surface area contributed by atoms with Crippen molar-refractivity contribution in [2.75, 3.05) is 5.32 Å². The molecule has 0 atom stereocenters. The number of amides is 1. The number of hydrogen-bond acceptors (Lipinski definition) is 3. The highest BCUT2D eigenvalue weighted by molar-refractivity contribution is 5.93. The zero-order chi connectivity index (χ0) is 11.4. The van der Waals surface area contributed by atoms with Crippen molar-refractivity contribution in [1.82, 2.24) is 0 Å². The number of primary amides is 1. The van der Waals surface area contributed by atoms with E-state index in [0.29, 0.717) is 18.0 Å². The minimum atomic E-state index is -0.489. The maximum absolute atomic E-state index is 10.8. The van der Waals surface area contributed by atoms with E-state index in [4.69, 9.17) is 10.2 Å². The molecule has 0 radical (unpaired) electrons. The van der Waals surface area contributed by atoms with E-state index in [1.165, 1.54) is 6.26 Å². The summed E-state index contributed by atoms with van der Waals surface area (Å²) in [4.78, 5) is 10.8. The Bertz CT molecular complexity index is 477. The van der Waals surface area contributed by atoms with Crippen LogP contribution in [-0.4, -0.2) is 5.91 Å². The highest BCUT2D eigenvalue weighted by Crippen LogP contribution is 2.13. The van der Waals surface area contributed by atoms with Crippen LogP contribution in [0.5, 0.6) is 0 Å². The summed E-state index contributed by atoms with van der Waals surface area (Å²) in [7, 11) is 0. The van der Waals surface area contributed by atoms with E-state index in [2.05, 4.69) is 5.32 Å². The molecule has 16 heavy (non-hydrogen) atoms. The van der Waals surface area contributed by atoms with Crippen LogP contribution in [0.4, 0.5) is 5.88 Å². The second-order valence-corrected chi connectivity index (χ2v) is 3.40. The summed E-state index contributed by atoms with van der Waals surface area (Å²) in [6.07, 6.45) is 1.34. The summed E-state index contributed by atoms with van der Waals surface area (Å²) in [6, 6.07) is 11.5. The number of nitrogens with two attached hydrogens (primary N) is 1. The number of benzene rings is 1. The molecule has 0 bridgehead atoms. The molecule has 1 heterocycles. The molecule has 0 saturated carbocycles. The molecule has 4 nitrogen and oxygen atoms in total. The third-order valence-corrected chi connectivity index (χ3v) is 2.19. The summed E-state index contributed by atoms with van der Waals surface area (Å²) >= 11 is 0. The van der Waals surface area contributed by atoms with Crippen molar-refractivity contribution in [3.8, 4) is 0 Å². The Morgan fingerprint density at radius 1 is 1.31 bits per heavy atom. The number of hydrogen-bond donors (Lipinski definition) is 2. The van der Waals surface area contributed by atoms with Crippen LogP contribution >= 0.6 is 0 Å². The van der Waals surface area contributed by atoms with Crippen LogP contribution in [0.1, 0.15) is 15.9 Å².